The molecule has 0 saturated heterocycles. The summed E-state index contributed by atoms with van der Waals surface area (Å²) in [5, 5.41) is 13.1. The maximum atomic E-state index is 13.6. The number of nitrogens with one attached hydrogen (secondary N) is 1. The van der Waals surface area contributed by atoms with Gasteiger partial charge in [0.15, 0.2) is 0 Å². The van der Waals surface area contributed by atoms with Crippen molar-refractivity contribution in [3.05, 3.63) is 66.2 Å². The van der Waals surface area contributed by atoms with Gasteiger partial charge in [0.25, 0.3) is 0 Å². The van der Waals surface area contributed by atoms with Gasteiger partial charge >= 0.3 is 6.18 Å². The van der Waals surface area contributed by atoms with Crippen molar-refractivity contribution in [2.24, 2.45) is 0 Å². The number of hydrogen-bond donors (Lipinski definition) is 2. The standard InChI is InChI=1S/C18H14F3NO2/c1-2-5-16(23)22-11-8-9-15-13(10-11)12-6-3-4-7-14(12)17(15,24)18(19,20)21/h2-4,6-10,24H,1,5H2,(H,22,23). The van der Waals surface area contributed by atoms with E-state index in [9.17, 15) is 23.1 Å². The van der Waals surface area contributed by atoms with E-state index in [2.05, 4.69) is 11.9 Å². The Kier molecular flexibility index (Phi) is 3.72. The maximum absolute atomic E-state index is 13.6. The molecule has 0 fully saturated rings. The van der Waals surface area contributed by atoms with E-state index < -0.39 is 11.8 Å². The summed E-state index contributed by atoms with van der Waals surface area (Å²) in [7, 11) is 0. The lowest BCUT2D eigenvalue weighted by Crippen LogP contribution is -2.41. The number of amides is 1. The van der Waals surface area contributed by atoms with Crippen molar-refractivity contribution in [1.82, 2.24) is 0 Å². The van der Waals surface area contributed by atoms with Gasteiger partial charge in [-0.2, -0.15) is 13.2 Å². The third kappa shape index (κ3) is 2.30. The normalized spacial score (nSPS) is 18.7. The van der Waals surface area contributed by atoms with Gasteiger partial charge in [0.2, 0.25) is 11.5 Å². The number of alkyl halides is 3. The molecule has 2 N–H and O–H groups in total. The lowest BCUT2D eigenvalue weighted by molar-refractivity contribution is -0.246. The van der Waals surface area contributed by atoms with Crippen LogP contribution in [0.1, 0.15) is 17.5 Å². The molecule has 1 aliphatic carbocycles. The molecule has 0 bridgehead atoms. The zero-order valence-corrected chi connectivity index (χ0v) is 12.5. The number of carbonyl (C=O) groups is 1. The highest BCUT2D eigenvalue weighted by Crippen LogP contribution is 2.55. The lowest BCUT2D eigenvalue weighted by Gasteiger charge is -2.28. The second kappa shape index (κ2) is 5.49. The summed E-state index contributed by atoms with van der Waals surface area (Å²) in [5.74, 6) is -0.317. The molecule has 24 heavy (non-hydrogen) atoms. The molecule has 0 aliphatic heterocycles. The van der Waals surface area contributed by atoms with Crippen LogP contribution in [0.4, 0.5) is 18.9 Å². The first-order chi connectivity index (χ1) is 11.3. The SMILES string of the molecule is C=CCC(=O)Nc1ccc2c(c1)-c1ccccc1C2(O)C(F)(F)F. The fourth-order valence-electron chi connectivity index (χ4n) is 2.99. The molecule has 124 valence electrons. The van der Waals surface area contributed by atoms with Crippen LogP contribution in [0.2, 0.25) is 0 Å². The van der Waals surface area contributed by atoms with Crippen molar-refractivity contribution in [2.45, 2.75) is 18.2 Å². The van der Waals surface area contributed by atoms with E-state index in [1.807, 2.05) is 0 Å². The van der Waals surface area contributed by atoms with Gasteiger partial charge in [-0.05, 0) is 23.3 Å². The molecule has 1 unspecified atom stereocenters. The average molecular weight is 333 g/mol. The van der Waals surface area contributed by atoms with Crippen molar-refractivity contribution in [3.8, 4) is 11.1 Å². The Morgan fingerprint density at radius 2 is 1.83 bits per heavy atom. The Hall–Kier alpha value is -2.60. The van der Waals surface area contributed by atoms with Gasteiger partial charge in [0.05, 0.1) is 0 Å². The van der Waals surface area contributed by atoms with Crippen LogP contribution in [0.15, 0.2) is 55.1 Å². The van der Waals surface area contributed by atoms with Gasteiger partial charge in [0.1, 0.15) is 0 Å². The van der Waals surface area contributed by atoms with E-state index in [0.29, 0.717) is 11.3 Å². The molecule has 0 aromatic heterocycles. The summed E-state index contributed by atoms with van der Waals surface area (Å²) in [6, 6.07) is 9.83. The smallest absolute Gasteiger partial charge is 0.372 e. The number of fused-ring (bicyclic) bond motifs is 3. The van der Waals surface area contributed by atoms with Gasteiger partial charge < -0.3 is 10.4 Å². The van der Waals surface area contributed by atoms with E-state index in [-0.39, 0.29) is 29.0 Å². The van der Waals surface area contributed by atoms with Crippen LogP contribution in [0.5, 0.6) is 0 Å². The molecule has 2 aromatic carbocycles. The number of carbonyl (C=O) groups excluding carboxylic acids is 1. The quantitative estimate of drug-likeness (QED) is 0.835. The van der Waals surface area contributed by atoms with Gasteiger partial charge in [-0.15, -0.1) is 6.58 Å². The topological polar surface area (TPSA) is 49.3 Å². The third-order valence-corrected chi connectivity index (χ3v) is 4.04. The Morgan fingerprint density at radius 1 is 1.17 bits per heavy atom. The van der Waals surface area contributed by atoms with Crippen LogP contribution in [0.3, 0.4) is 0 Å². The number of anilines is 1. The minimum atomic E-state index is -4.86. The molecular formula is C18H14F3NO2. The minimum absolute atomic E-state index is 0.0974. The van der Waals surface area contributed by atoms with Crippen LogP contribution >= 0.6 is 0 Å². The zero-order chi connectivity index (χ0) is 17.5. The summed E-state index contributed by atoms with van der Waals surface area (Å²) >= 11 is 0. The van der Waals surface area contributed by atoms with E-state index in [1.54, 1.807) is 6.07 Å². The molecule has 1 aliphatic rings. The molecule has 0 saturated carbocycles. The fraction of sp³-hybridized carbons (Fsp3) is 0.167. The Labute approximate surface area is 136 Å². The Balaban J connectivity index is 2.14. The first-order valence-electron chi connectivity index (χ1n) is 7.23. The molecule has 3 rings (SSSR count). The first kappa shape index (κ1) is 16.3. The van der Waals surface area contributed by atoms with Crippen LogP contribution in [-0.4, -0.2) is 17.2 Å². The summed E-state index contributed by atoms with van der Waals surface area (Å²) in [6.45, 7) is 3.46. The van der Waals surface area contributed by atoms with Crippen molar-refractivity contribution >= 4 is 11.6 Å². The van der Waals surface area contributed by atoms with E-state index in [4.69, 9.17) is 0 Å². The monoisotopic (exact) mass is 333 g/mol. The van der Waals surface area contributed by atoms with Crippen molar-refractivity contribution in [1.29, 1.82) is 0 Å². The van der Waals surface area contributed by atoms with Gasteiger partial charge in [-0.3, -0.25) is 4.79 Å². The molecule has 0 spiro atoms. The van der Waals surface area contributed by atoms with Gasteiger partial charge in [-0.25, -0.2) is 0 Å². The number of rotatable bonds is 3. The third-order valence-electron chi connectivity index (χ3n) is 4.04. The van der Waals surface area contributed by atoms with Crippen LogP contribution < -0.4 is 5.32 Å². The summed E-state index contributed by atoms with van der Waals surface area (Å²) < 4.78 is 40.7. The van der Waals surface area contributed by atoms with Crippen molar-refractivity contribution in [2.75, 3.05) is 5.32 Å². The molecule has 1 atom stereocenters. The zero-order valence-electron chi connectivity index (χ0n) is 12.5. The van der Waals surface area contributed by atoms with E-state index >= 15 is 0 Å². The Bertz CT molecular complexity index is 829. The van der Waals surface area contributed by atoms with Gasteiger partial charge in [-0.1, -0.05) is 36.4 Å². The van der Waals surface area contributed by atoms with Crippen molar-refractivity contribution in [3.63, 3.8) is 0 Å². The summed E-state index contributed by atoms with van der Waals surface area (Å²) in [6.07, 6.45) is -3.33. The fourth-order valence-corrected chi connectivity index (χ4v) is 2.99. The predicted octanol–water partition coefficient (Wildman–Crippen LogP) is 3.98. The molecular weight excluding hydrogens is 319 g/mol. The van der Waals surface area contributed by atoms with Gasteiger partial charge in [0, 0.05) is 23.2 Å². The number of benzene rings is 2. The molecule has 1 amide bonds. The maximum Gasteiger partial charge on any atom is 0.425 e. The Morgan fingerprint density at radius 3 is 2.50 bits per heavy atom. The number of halogens is 3. The summed E-state index contributed by atoms with van der Waals surface area (Å²) in [5.41, 5.74) is -2.58. The largest absolute Gasteiger partial charge is 0.425 e. The average Bonchev–Trinajstić information content (AvgIpc) is 2.78. The number of hydrogen-bond acceptors (Lipinski definition) is 2. The molecule has 0 heterocycles. The van der Waals surface area contributed by atoms with E-state index in [0.717, 1.165) is 0 Å². The molecule has 3 nitrogen and oxygen atoms in total. The lowest BCUT2D eigenvalue weighted by atomic mass is 9.91. The van der Waals surface area contributed by atoms with Crippen LogP contribution in [0.25, 0.3) is 11.1 Å². The molecule has 0 radical (unpaired) electrons. The number of aliphatic hydroxyl groups is 1. The highest BCUT2D eigenvalue weighted by molar-refractivity contribution is 5.93. The van der Waals surface area contributed by atoms with Crippen molar-refractivity contribution < 1.29 is 23.1 Å². The molecule has 6 heteroatoms. The highest BCUT2D eigenvalue weighted by Gasteiger charge is 2.60. The van der Waals surface area contributed by atoms with Crippen LogP contribution in [0, 0.1) is 0 Å². The first-order valence-corrected chi connectivity index (χ1v) is 7.23. The minimum Gasteiger partial charge on any atom is -0.372 e. The highest BCUT2D eigenvalue weighted by atomic mass is 19.4. The second-order valence-electron chi connectivity index (χ2n) is 5.56. The van der Waals surface area contributed by atoms with E-state index in [1.165, 1.54) is 42.5 Å². The van der Waals surface area contributed by atoms with Crippen LogP contribution in [-0.2, 0) is 10.4 Å². The second-order valence-corrected chi connectivity index (χ2v) is 5.56. The summed E-state index contributed by atoms with van der Waals surface area (Å²) in [4.78, 5) is 11.6. The predicted molar refractivity (Wildman–Crippen MR) is 84.4 cm³/mol. The molecule has 2 aromatic rings.